The molecule has 0 aromatic heterocycles. The Morgan fingerprint density at radius 3 is 2.94 bits per heavy atom. The molecule has 1 aromatic rings. The van der Waals surface area contributed by atoms with Gasteiger partial charge in [-0.15, -0.1) is 0 Å². The van der Waals surface area contributed by atoms with E-state index in [2.05, 4.69) is 11.9 Å². The standard InChI is InChI=1S/C12H15ClFNO/c1-3-15-7-9(2)8-16-10-4-5-11(13)12(14)6-10/h4-6,15H,2-3,7-8H2,1H3. The predicted molar refractivity (Wildman–Crippen MR) is 64.6 cm³/mol. The van der Waals surface area contributed by atoms with Gasteiger partial charge in [0, 0.05) is 12.6 Å². The van der Waals surface area contributed by atoms with Crippen molar-refractivity contribution < 1.29 is 9.13 Å². The average Bonchev–Trinajstić information content (AvgIpc) is 2.28. The third kappa shape index (κ3) is 4.21. The van der Waals surface area contributed by atoms with Crippen LogP contribution in [0.4, 0.5) is 4.39 Å². The van der Waals surface area contributed by atoms with Gasteiger partial charge in [-0.05, 0) is 24.3 Å². The van der Waals surface area contributed by atoms with Crippen LogP contribution in [0.5, 0.6) is 5.75 Å². The number of hydrogen-bond donors (Lipinski definition) is 1. The maximum absolute atomic E-state index is 13.1. The van der Waals surface area contributed by atoms with Gasteiger partial charge in [0.15, 0.2) is 0 Å². The van der Waals surface area contributed by atoms with Gasteiger partial charge in [0.25, 0.3) is 0 Å². The minimum absolute atomic E-state index is 0.0961. The minimum Gasteiger partial charge on any atom is -0.489 e. The molecule has 0 saturated carbocycles. The SMILES string of the molecule is C=C(CNCC)COc1ccc(Cl)c(F)c1. The van der Waals surface area contributed by atoms with E-state index in [0.717, 1.165) is 12.1 Å². The fourth-order valence-corrected chi connectivity index (χ4v) is 1.22. The zero-order valence-electron chi connectivity index (χ0n) is 9.22. The van der Waals surface area contributed by atoms with Crippen molar-refractivity contribution in [1.29, 1.82) is 0 Å². The highest BCUT2D eigenvalue weighted by atomic mass is 35.5. The molecule has 0 radical (unpaired) electrons. The van der Waals surface area contributed by atoms with Crippen LogP contribution in [0.25, 0.3) is 0 Å². The molecule has 0 aliphatic heterocycles. The van der Waals surface area contributed by atoms with Gasteiger partial charge < -0.3 is 10.1 Å². The van der Waals surface area contributed by atoms with Gasteiger partial charge in [0.05, 0.1) is 5.02 Å². The summed E-state index contributed by atoms with van der Waals surface area (Å²) in [6.07, 6.45) is 0. The van der Waals surface area contributed by atoms with Crippen LogP contribution in [0.2, 0.25) is 5.02 Å². The molecule has 0 fully saturated rings. The Kier molecular flexibility index (Phi) is 5.29. The first-order chi connectivity index (χ1) is 7.63. The van der Waals surface area contributed by atoms with E-state index in [1.165, 1.54) is 12.1 Å². The van der Waals surface area contributed by atoms with Crippen LogP contribution in [-0.4, -0.2) is 19.7 Å². The maximum Gasteiger partial charge on any atom is 0.145 e. The van der Waals surface area contributed by atoms with E-state index in [9.17, 15) is 4.39 Å². The van der Waals surface area contributed by atoms with Crippen molar-refractivity contribution in [1.82, 2.24) is 5.32 Å². The molecule has 0 heterocycles. The third-order valence-corrected chi connectivity index (χ3v) is 2.27. The zero-order chi connectivity index (χ0) is 12.0. The lowest BCUT2D eigenvalue weighted by Gasteiger charge is -2.09. The van der Waals surface area contributed by atoms with E-state index < -0.39 is 5.82 Å². The number of likely N-dealkylation sites (N-methyl/N-ethyl adjacent to an activating group) is 1. The van der Waals surface area contributed by atoms with Crippen molar-refractivity contribution in [2.75, 3.05) is 19.7 Å². The monoisotopic (exact) mass is 243 g/mol. The number of benzene rings is 1. The summed E-state index contributed by atoms with van der Waals surface area (Å²) >= 11 is 5.55. The van der Waals surface area contributed by atoms with Crippen LogP contribution < -0.4 is 10.1 Å². The normalized spacial score (nSPS) is 10.2. The number of hydrogen-bond acceptors (Lipinski definition) is 2. The molecular weight excluding hydrogens is 229 g/mol. The highest BCUT2D eigenvalue weighted by Crippen LogP contribution is 2.20. The van der Waals surface area contributed by atoms with E-state index in [1.54, 1.807) is 6.07 Å². The van der Waals surface area contributed by atoms with E-state index in [-0.39, 0.29) is 5.02 Å². The highest BCUT2D eigenvalue weighted by molar-refractivity contribution is 6.30. The zero-order valence-corrected chi connectivity index (χ0v) is 9.98. The lowest BCUT2D eigenvalue weighted by molar-refractivity contribution is 0.346. The molecule has 88 valence electrons. The molecule has 2 nitrogen and oxygen atoms in total. The van der Waals surface area contributed by atoms with Crippen LogP contribution in [0.15, 0.2) is 30.4 Å². The second-order valence-electron chi connectivity index (χ2n) is 3.39. The van der Waals surface area contributed by atoms with Crippen molar-refractivity contribution in [2.24, 2.45) is 0 Å². The molecule has 1 aromatic carbocycles. The molecular formula is C12H15ClFNO. The third-order valence-electron chi connectivity index (χ3n) is 1.96. The van der Waals surface area contributed by atoms with Crippen molar-refractivity contribution >= 4 is 11.6 Å². The Bertz CT molecular complexity index is 368. The second-order valence-corrected chi connectivity index (χ2v) is 3.80. The van der Waals surface area contributed by atoms with Crippen molar-refractivity contribution in [3.63, 3.8) is 0 Å². The predicted octanol–water partition coefficient (Wildman–Crippen LogP) is 3.02. The fraction of sp³-hybridized carbons (Fsp3) is 0.333. The summed E-state index contributed by atoms with van der Waals surface area (Å²) in [4.78, 5) is 0. The Balaban J connectivity index is 2.42. The molecule has 0 unspecified atom stereocenters. The molecule has 1 N–H and O–H groups in total. The van der Waals surface area contributed by atoms with Gasteiger partial charge >= 0.3 is 0 Å². The van der Waals surface area contributed by atoms with Gasteiger partial charge in [-0.3, -0.25) is 0 Å². The molecule has 16 heavy (non-hydrogen) atoms. The average molecular weight is 244 g/mol. The fourth-order valence-electron chi connectivity index (χ4n) is 1.10. The van der Waals surface area contributed by atoms with E-state index in [0.29, 0.717) is 18.9 Å². The van der Waals surface area contributed by atoms with Crippen molar-refractivity contribution in [2.45, 2.75) is 6.92 Å². The Morgan fingerprint density at radius 2 is 2.31 bits per heavy atom. The summed E-state index contributed by atoms with van der Waals surface area (Å²) in [6, 6.07) is 4.37. The van der Waals surface area contributed by atoms with E-state index in [4.69, 9.17) is 16.3 Å². The molecule has 0 aliphatic carbocycles. The Labute approximate surface area is 100 Å². The topological polar surface area (TPSA) is 21.3 Å². The first kappa shape index (κ1) is 13.0. The quantitative estimate of drug-likeness (QED) is 0.776. The lowest BCUT2D eigenvalue weighted by Crippen LogP contribution is -2.18. The molecule has 0 spiro atoms. The minimum atomic E-state index is -0.475. The van der Waals surface area contributed by atoms with E-state index in [1.807, 2.05) is 6.92 Å². The summed E-state index contributed by atoms with van der Waals surface area (Å²) in [6.45, 7) is 7.81. The van der Waals surface area contributed by atoms with Crippen molar-refractivity contribution in [3.8, 4) is 5.75 Å². The molecule has 0 bridgehead atoms. The molecule has 4 heteroatoms. The van der Waals surface area contributed by atoms with Crippen LogP contribution in [0.1, 0.15) is 6.92 Å². The van der Waals surface area contributed by atoms with Gasteiger partial charge in [0.2, 0.25) is 0 Å². The van der Waals surface area contributed by atoms with Gasteiger partial charge in [0.1, 0.15) is 18.2 Å². The first-order valence-corrected chi connectivity index (χ1v) is 5.46. The summed E-state index contributed by atoms with van der Waals surface area (Å²) in [5.41, 5.74) is 0.914. The number of ether oxygens (including phenoxy) is 1. The van der Waals surface area contributed by atoms with Crippen LogP contribution in [0.3, 0.4) is 0 Å². The number of nitrogens with one attached hydrogen (secondary N) is 1. The summed E-state index contributed by atoms with van der Waals surface area (Å²) in [5.74, 6) is -0.0176. The lowest BCUT2D eigenvalue weighted by atomic mass is 10.3. The molecule has 0 amide bonds. The molecule has 1 rings (SSSR count). The number of rotatable bonds is 6. The van der Waals surface area contributed by atoms with Gasteiger partial charge in [-0.2, -0.15) is 0 Å². The summed E-state index contributed by atoms with van der Waals surface area (Å²) in [5, 5.41) is 3.23. The summed E-state index contributed by atoms with van der Waals surface area (Å²) in [7, 11) is 0. The maximum atomic E-state index is 13.1. The summed E-state index contributed by atoms with van der Waals surface area (Å²) < 4.78 is 18.4. The Hall–Kier alpha value is -1.06. The smallest absolute Gasteiger partial charge is 0.145 e. The van der Waals surface area contributed by atoms with E-state index >= 15 is 0 Å². The highest BCUT2D eigenvalue weighted by Gasteiger charge is 2.02. The van der Waals surface area contributed by atoms with Crippen LogP contribution in [-0.2, 0) is 0 Å². The Morgan fingerprint density at radius 1 is 1.56 bits per heavy atom. The van der Waals surface area contributed by atoms with Crippen molar-refractivity contribution in [3.05, 3.63) is 41.2 Å². The molecule has 0 aliphatic rings. The second kappa shape index (κ2) is 6.51. The van der Waals surface area contributed by atoms with Crippen LogP contribution in [0, 0.1) is 5.82 Å². The molecule has 0 atom stereocenters. The largest absolute Gasteiger partial charge is 0.489 e. The van der Waals surface area contributed by atoms with Crippen LogP contribution >= 0.6 is 11.6 Å². The number of halogens is 2. The van der Waals surface area contributed by atoms with Gasteiger partial charge in [-0.1, -0.05) is 25.1 Å². The van der Waals surface area contributed by atoms with Gasteiger partial charge in [-0.25, -0.2) is 4.39 Å². The molecule has 0 saturated heterocycles. The first-order valence-electron chi connectivity index (χ1n) is 5.08.